The standard InChI is InChI=1S/C16H23N5O2S/c22-24(23,19-7-4-10-20-11-8-17-9-12-20)16-13-18-21(14-16)15-5-2-1-3-6-15/h1-3,5-6,13-14,17,19H,4,7-12H2. The minimum atomic E-state index is -3.51. The zero-order valence-electron chi connectivity index (χ0n) is 13.6. The van der Waals surface area contributed by atoms with Gasteiger partial charge in [-0.3, -0.25) is 0 Å². The molecule has 1 aromatic heterocycles. The van der Waals surface area contributed by atoms with Crippen molar-refractivity contribution < 1.29 is 8.42 Å². The summed E-state index contributed by atoms with van der Waals surface area (Å²) in [6, 6.07) is 9.44. The molecule has 1 aliphatic rings. The van der Waals surface area contributed by atoms with Gasteiger partial charge >= 0.3 is 0 Å². The summed E-state index contributed by atoms with van der Waals surface area (Å²) in [5.74, 6) is 0. The van der Waals surface area contributed by atoms with E-state index in [2.05, 4.69) is 20.0 Å². The fourth-order valence-corrected chi connectivity index (χ4v) is 3.70. The Bertz CT molecular complexity index is 739. The van der Waals surface area contributed by atoms with E-state index in [9.17, 15) is 8.42 Å². The molecule has 0 spiro atoms. The van der Waals surface area contributed by atoms with Gasteiger partial charge in [-0.1, -0.05) is 18.2 Å². The van der Waals surface area contributed by atoms with Gasteiger partial charge in [0.2, 0.25) is 10.0 Å². The first kappa shape index (κ1) is 17.1. The summed E-state index contributed by atoms with van der Waals surface area (Å²) in [5.41, 5.74) is 0.831. The molecule has 0 aliphatic carbocycles. The predicted octanol–water partition coefficient (Wildman–Crippen LogP) is 0.446. The molecular weight excluding hydrogens is 326 g/mol. The lowest BCUT2D eigenvalue weighted by Crippen LogP contribution is -2.44. The third kappa shape index (κ3) is 4.41. The van der Waals surface area contributed by atoms with Gasteiger partial charge in [-0.25, -0.2) is 17.8 Å². The molecule has 0 bridgehead atoms. The molecule has 130 valence electrons. The smallest absolute Gasteiger partial charge is 0.243 e. The van der Waals surface area contributed by atoms with E-state index in [0.717, 1.165) is 44.8 Å². The minimum absolute atomic E-state index is 0.188. The fourth-order valence-electron chi connectivity index (χ4n) is 2.69. The lowest BCUT2D eigenvalue weighted by atomic mass is 10.3. The Balaban J connectivity index is 1.53. The predicted molar refractivity (Wildman–Crippen MR) is 92.7 cm³/mol. The van der Waals surface area contributed by atoms with E-state index in [1.807, 2.05) is 30.3 Å². The Hall–Kier alpha value is -1.74. The first-order chi connectivity index (χ1) is 11.6. The topological polar surface area (TPSA) is 79.3 Å². The molecule has 0 amide bonds. The molecule has 1 aromatic carbocycles. The van der Waals surface area contributed by atoms with Crippen LogP contribution in [0.4, 0.5) is 0 Å². The number of hydrogen-bond acceptors (Lipinski definition) is 5. The second-order valence-corrected chi connectivity index (χ2v) is 7.57. The highest BCUT2D eigenvalue weighted by Gasteiger charge is 2.16. The van der Waals surface area contributed by atoms with Crippen molar-refractivity contribution in [3.05, 3.63) is 42.7 Å². The zero-order valence-corrected chi connectivity index (χ0v) is 14.4. The summed E-state index contributed by atoms with van der Waals surface area (Å²) < 4.78 is 28.9. The zero-order chi connectivity index (χ0) is 16.8. The molecule has 2 heterocycles. The van der Waals surface area contributed by atoms with Gasteiger partial charge in [0.05, 0.1) is 18.1 Å². The highest BCUT2D eigenvalue weighted by atomic mass is 32.2. The quantitative estimate of drug-likeness (QED) is 0.710. The van der Waals surface area contributed by atoms with Crippen molar-refractivity contribution in [2.75, 3.05) is 39.3 Å². The molecule has 2 N–H and O–H groups in total. The second kappa shape index (κ2) is 7.89. The first-order valence-corrected chi connectivity index (χ1v) is 9.66. The van der Waals surface area contributed by atoms with E-state index < -0.39 is 10.0 Å². The van der Waals surface area contributed by atoms with Crippen LogP contribution in [0.25, 0.3) is 5.69 Å². The lowest BCUT2D eigenvalue weighted by molar-refractivity contribution is 0.239. The van der Waals surface area contributed by atoms with Crippen LogP contribution in [0.5, 0.6) is 0 Å². The number of nitrogens with zero attached hydrogens (tertiary/aromatic N) is 3. The van der Waals surface area contributed by atoms with Crippen molar-refractivity contribution in [1.29, 1.82) is 0 Å². The highest BCUT2D eigenvalue weighted by molar-refractivity contribution is 7.89. The van der Waals surface area contributed by atoms with Crippen molar-refractivity contribution in [2.45, 2.75) is 11.3 Å². The van der Waals surface area contributed by atoms with Crippen LogP contribution < -0.4 is 10.0 Å². The lowest BCUT2D eigenvalue weighted by Gasteiger charge is -2.26. The van der Waals surface area contributed by atoms with Gasteiger partial charge in [0, 0.05) is 32.7 Å². The number of benzene rings is 1. The molecule has 24 heavy (non-hydrogen) atoms. The number of nitrogens with one attached hydrogen (secondary N) is 2. The van der Waals surface area contributed by atoms with Crippen LogP contribution in [0.2, 0.25) is 0 Å². The molecule has 0 radical (unpaired) electrons. The SMILES string of the molecule is O=S(=O)(NCCCN1CCNCC1)c1cnn(-c2ccccc2)c1. The van der Waals surface area contributed by atoms with Crippen molar-refractivity contribution in [3.63, 3.8) is 0 Å². The third-order valence-corrected chi connectivity index (χ3v) is 5.46. The Labute approximate surface area is 142 Å². The summed E-state index contributed by atoms with van der Waals surface area (Å²) in [7, 11) is -3.51. The molecule has 1 aliphatic heterocycles. The number of para-hydroxylation sites is 1. The van der Waals surface area contributed by atoms with Crippen LogP contribution in [0.15, 0.2) is 47.6 Å². The van der Waals surface area contributed by atoms with Crippen LogP contribution in [0, 0.1) is 0 Å². The van der Waals surface area contributed by atoms with Gasteiger partial charge in [-0.2, -0.15) is 5.10 Å². The maximum Gasteiger partial charge on any atom is 0.243 e. The van der Waals surface area contributed by atoms with Gasteiger partial charge in [-0.05, 0) is 25.1 Å². The maximum atomic E-state index is 12.3. The highest BCUT2D eigenvalue weighted by Crippen LogP contribution is 2.11. The van der Waals surface area contributed by atoms with Crippen molar-refractivity contribution in [2.24, 2.45) is 0 Å². The number of hydrogen-bond donors (Lipinski definition) is 2. The van der Waals surface area contributed by atoms with Gasteiger partial charge in [0.15, 0.2) is 0 Å². The van der Waals surface area contributed by atoms with Crippen LogP contribution in [0.1, 0.15) is 6.42 Å². The average molecular weight is 349 g/mol. The van der Waals surface area contributed by atoms with E-state index in [1.54, 1.807) is 4.68 Å². The molecule has 0 atom stereocenters. The molecule has 8 heteroatoms. The Morgan fingerprint density at radius 2 is 1.92 bits per heavy atom. The van der Waals surface area contributed by atoms with Crippen LogP contribution in [-0.2, 0) is 10.0 Å². The van der Waals surface area contributed by atoms with E-state index >= 15 is 0 Å². The number of sulfonamides is 1. The monoisotopic (exact) mass is 349 g/mol. The molecule has 7 nitrogen and oxygen atoms in total. The van der Waals surface area contributed by atoms with Crippen LogP contribution in [-0.4, -0.2) is 62.4 Å². The summed E-state index contributed by atoms with van der Waals surface area (Å²) in [5, 5.41) is 7.44. The number of piperazine rings is 1. The Kier molecular flexibility index (Phi) is 5.62. The number of rotatable bonds is 7. The van der Waals surface area contributed by atoms with E-state index in [1.165, 1.54) is 12.4 Å². The Morgan fingerprint density at radius 3 is 2.67 bits per heavy atom. The molecular formula is C16H23N5O2S. The molecule has 2 aromatic rings. The first-order valence-electron chi connectivity index (χ1n) is 8.18. The largest absolute Gasteiger partial charge is 0.314 e. The molecule has 0 saturated carbocycles. The summed E-state index contributed by atoms with van der Waals surface area (Å²) in [6.07, 6.45) is 3.71. The third-order valence-electron chi connectivity index (χ3n) is 4.04. The maximum absolute atomic E-state index is 12.3. The summed E-state index contributed by atoms with van der Waals surface area (Å²) in [4.78, 5) is 2.53. The summed E-state index contributed by atoms with van der Waals surface area (Å²) >= 11 is 0. The number of aromatic nitrogens is 2. The van der Waals surface area contributed by atoms with Gasteiger partial charge in [-0.15, -0.1) is 0 Å². The van der Waals surface area contributed by atoms with Gasteiger partial charge in [0.1, 0.15) is 4.90 Å². The minimum Gasteiger partial charge on any atom is -0.314 e. The van der Waals surface area contributed by atoms with Crippen LogP contribution >= 0.6 is 0 Å². The molecule has 1 saturated heterocycles. The molecule has 3 rings (SSSR count). The van der Waals surface area contributed by atoms with Gasteiger partial charge < -0.3 is 10.2 Å². The molecule has 0 unspecified atom stereocenters. The van der Waals surface area contributed by atoms with Crippen molar-refractivity contribution in [1.82, 2.24) is 24.7 Å². The Morgan fingerprint density at radius 1 is 1.17 bits per heavy atom. The summed E-state index contributed by atoms with van der Waals surface area (Å²) in [6.45, 7) is 5.40. The van der Waals surface area contributed by atoms with E-state index in [-0.39, 0.29) is 4.90 Å². The van der Waals surface area contributed by atoms with E-state index in [4.69, 9.17) is 0 Å². The normalized spacial score (nSPS) is 16.3. The molecule has 1 fully saturated rings. The van der Waals surface area contributed by atoms with Crippen LogP contribution in [0.3, 0.4) is 0 Å². The van der Waals surface area contributed by atoms with Crippen molar-refractivity contribution >= 4 is 10.0 Å². The van der Waals surface area contributed by atoms with Gasteiger partial charge in [0.25, 0.3) is 0 Å². The fraction of sp³-hybridized carbons (Fsp3) is 0.438. The van der Waals surface area contributed by atoms with Crippen molar-refractivity contribution in [3.8, 4) is 5.69 Å². The second-order valence-electron chi connectivity index (χ2n) is 5.80. The van der Waals surface area contributed by atoms with E-state index in [0.29, 0.717) is 6.54 Å². The average Bonchev–Trinajstić information content (AvgIpc) is 3.12.